The number of para-hydroxylation sites is 1. The summed E-state index contributed by atoms with van der Waals surface area (Å²) in [6, 6.07) is 6.54. The molecule has 2 N–H and O–H groups in total. The average molecular weight is 291 g/mol. The fraction of sp³-hybridized carbons (Fsp3) is 0.467. The second-order valence-electron chi connectivity index (χ2n) is 5.43. The van der Waals surface area contributed by atoms with Gasteiger partial charge in [-0.25, -0.2) is 4.79 Å². The average Bonchev–Trinajstić information content (AvgIpc) is 2.47. The number of carbonyl (C=O) groups is 2. The van der Waals surface area contributed by atoms with E-state index in [2.05, 4.69) is 5.32 Å². The standard InChI is InChI=1S/C15H21N3O3/c1-17(2)15(21)16-11-7-9-18(10-8-11)14(20)12-5-3-4-6-13(12)19/h3-6,11,19H,7-10H2,1-2H3,(H,16,21). The molecule has 3 amide bonds. The molecule has 1 saturated heterocycles. The SMILES string of the molecule is CN(C)C(=O)NC1CCN(C(=O)c2ccccc2O)CC1. The van der Waals surface area contributed by atoms with Gasteiger partial charge in [0.25, 0.3) is 5.91 Å². The van der Waals surface area contributed by atoms with Crippen LogP contribution in [-0.4, -0.2) is 60.1 Å². The molecule has 0 atom stereocenters. The van der Waals surface area contributed by atoms with Gasteiger partial charge in [-0.05, 0) is 25.0 Å². The number of hydrogen-bond acceptors (Lipinski definition) is 3. The molecule has 0 radical (unpaired) electrons. The van der Waals surface area contributed by atoms with E-state index in [0.717, 1.165) is 12.8 Å². The summed E-state index contributed by atoms with van der Waals surface area (Å²) in [6.45, 7) is 1.15. The van der Waals surface area contributed by atoms with E-state index in [0.29, 0.717) is 18.7 Å². The van der Waals surface area contributed by atoms with E-state index < -0.39 is 0 Å². The van der Waals surface area contributed by atoms with Crippen LogP contribution in [0.25, 0.3) is 0 Å². The van der Waals surface area contributed by atoms with Crippen molar-refractivity contribution >= 4 is 11.9 Å². The lowest BCUT2D eigenvalue weighted by atomic mass is 10.0. The van der Waals surface area contributed by atoms with Crippen LogP contribution in [0, 0.1) is 0 Å². The number of likely N-dealkylation sites (tertiary alicyclic amines) is 1. The fourth-order valence-electron chi connectivity index (χ4n) is 2.36. The van der Waals surface area contributed by atoms with E-state index in [1.54, 1.807) is 37.2 Å². The Bertz CT molecular complexity index is 523. The number of nitrogens with zero attached hydrogens (tertiary/aromatic N) is 2. The first-order valence-corrected chi connectivity index (χ1v) is 7.04. The van der Waals surface area contributed by atoms with Crippen LogP contribution in [-0.2, 0) is 0 Å². The largest absolute Gasteiger partial charge is 0.507 e. The highest BCUT2D eigenvalue weighted by Crippen LogP contribution is 2.20. The summed E-state index contributed by atoms with van der Waals surface area (Å²) in [7, 11) is 3.40. The van der Waals surface area contributed by atoms with Gasteiger partial charge in [0.15, 0.2) is 0 Å². The maximum Gasteiger partial charge on any atom is 0.317 e. The summed E-state index contributed by atoms with van der Waals surface area (Å²) >= 11 is 0. The zero-order valence-electron chi connectivity index (χ0n) is 12.4. The zero-order chi connectivity index (χ0) is 15.4. The first-order valence-electron chi connectivity index (χ1n) is 7.04. The van der Waals surface area contributed by atoms with E-state index in [4.69, 9.17) is 0 Å². The minimum atomic E-state index is -0.162. The molecule has 1 fully saturated rings. The minimum Gasteiger partial charge on any atom is -0.507 e. The Balaban J connectivity index is 1.91. The second kappa shape index (κ2) is 6.47. The third kappa shape index (κ3) is 3.65. The Labute approximate surface area is 124 Å². The minimum absolute atomic E-state index is 0.00512. The first kappa shape index (κ1) is 15.2. The van der Waals surface area contributed by atoms with Gasteiger partial charge in [0, 0.05) is 33.2 Å². The number of piperidine rings is 1. The second-order valence-corrected chi connectivity index (χ2v) is 5.43. The molecule has 0 unspecified atom stereocenters. The van der Waals surface area contributed by atoms with Gasteiger partial charge in [-0.2, -0.15) is 0 Å². The van der Waals surface area contributed by atoms with Crippen LogP contribution < -0.4 is 5.32 Å². The van der Waals surface area contributed by atoms with Crippen molar-refractivity contribution in [1.82, 2.24) is 15.1 Å². The van der Waals surface area contributed by atoms with Crippen molar-refractivity contribution in [2.45, 2.75) is 18.9 Å². The highest BCUT2D eigenvalue weighted by atomic mass is 16.3. The summed E-state index contributed by atoms with van der Waals surface area (Å²) in [5.74, 6) is -0.156. The quantitative estimate of drug-likeness (QED) is 0.862. The third-order valence-corrected chi connectivity index (χ3v) is 3.65. The zero-order valence-corrected chi connectivity index (χ0v) is 12.4. The highest BCUT2D eigenvalue weighted by molar-refractivity contribution is 5.96. The van der Waals surface area contributed by atoms with Crippen LogP contribution in [0.3, 0.4) is 0 Å². The van der Waals surface area contributed by atoms with E-state index in [-0.39, 0.29) is 23.7 Å². The maximum absolute atomic E-state index is 12.3. The molecule has 1 aromatic rings. The number of nitrogens with one attached hydrogen (secondary N) is 1. The number of urea groups is 1. The molecule has 1 aliphatic rings. The molecule has 0 saturated carbocycles. The van der Waals surface area contributed by atoms with Crippen molar-refractivity contribution in [2.75, 3.05) is 27.2 Å². The molecule has 6 heteroatoms. The van der Waals surface area contributed by atoms with Crippen LogP contribution >= 0.6 is 0 Å². The summed E-state index contributed by atoms with van der Waals surface area (Å²) < 4.78 is 0. The predicted octanol–water partition coefficient (Wildman–Crippen LogP) is 1.27. The van der Waals surface area contributed by atoms with Gasteiger partial charge >= 0.3 is 6.03 Å². The Hall–Kier alpha value is -2.24. The van der Waals surface area contributed by atoms with Crippen molar-refractivity contribution in [2.24, 2.45) is 0 Å². The molecular formula is C15H21N3O3. The number of hydrogen-bond donors (Lipinski definition) is 2. The lowest BCUT2D eigenvalue weighted by Gasteiger charge is -2.33. The number of aromatic hydroxyl groups is 1. The van der Waals surface area contributed by atoms with Gasteiger partial charge < -0.3 is 20.2 Å². The molecule has 0 aliphatic carbocycles. The Morgan fingerprint density at radius 2 is 1.86 bits per heavy atom. The number of phenolic OH excluding ortho intramolecular Hbond substituents is 1. The van der Waals surface area contributed by atoms with E-state index in [1.807, 2.05) is 0 Å². The van der Waals surface area contributed by atoms with Crippen LogP contribution in [0.1, 0.15) is 23.2 Å². The summed E-state index contributed by atoms with van der Waals surface area (Å²) in [6.07, 6.45) is 1.44. The molecular weight excluding hydrogens is 270 g/mol. The van der Waals surface area contributed by atoms with Crippen LogP contribution in [0.2, 0.25) is 0 Å². The maximum atomic E-state index is 12.3. The molecule has 21 heavy (non-hydrogen) atoms. The van der Waals surface area contributed by atoms with Gasteiger partial charge in [0.2, 0.25) is 0 Å². The predicted molar refractivity (Wildman–Crippen MR) is 79.3 cm³/mol. The van der Waals surface area contributed by atoms with Crippen molar-refractivity contribution in [1.29, 1.82) is 0 Å². The number of benzene rings is 1. The molecule has 1 heterocycles. The van der Waals surface area contributed by atoms with Gasteiger partial charge in [0.05, 0.1) is 5.56 Å². The monoisotopic (exact) mass is 291 g/mol. The Kier molecular flexibility index (Phi) is 4.67. The lowest BCUT2D eigenvalue weighted by Crippen LogP contribution is -2.48. The van der Waals surface area contributed by atoms with Gasteiger partial charge in [0.1, 0.15) is 5.75 Å². The van der Waals surface area contributed by atoms with Crippen LogP contribution in [0.4, 0.5) is 4.79 Å². The van der Waals surface area contributed by atoms with E-state index in [1.165, 1.54) is 11.0 Å². The smallest absolute Gasteiger partial charge is 0.317 e. The van der Waals surface area contributed by atoms with Crippen molar-refractivity contribution in [3.8, 4) is 5.75 Å². The van der Waals surface area contributed by atoms with Crippen molar-refractivity contribution in [3.05, 3.63) is 29.8 Å². The normalized spacial score (nSPS) is 15.6. The summed E-state index contributed by atoms with van der Waals surface area (Å²) in [4.78, 5) is 27.1. The molecule has 0 bridgehead atoms. The fourth-order valence-corrected chi connectivity index (χ4v) is 2.36. The highest BCUT2D eigenvalue weighted by Gasteiger charge is 2.25. The van der Waals surface area contributed by atoms with Crippen molar-refractivity contribution in [3.63, 3.8) is 0 Å². The molecule has 1 aromatic carbocycles. The number of phenols is 1. The molecule has 2 rings (SSSR count). The summed E-state index contributed by atoms with van der Waals surface area (Å²) in [5, 5.41) is 12.7. The molecule has 114 valence electrons. The summed E-state index contributed by atoms with van der Waals surface area (Å²) in [5.41, 5.74) is 0.327. The molecule has 0 aromatic heterocycles. The van der Waals surface area contributed by atoms with Crippen LogP contribution in [0.5, 0.6) is 5.75 Å². The molecule has 6 nitrogen and oxygen atoms in total. The van der Waals surface area contributed by atoms with Crippen LogP contribution in [0.15, 0.2) is 24.3 Å². The topological polar surface area (TPSA) is 72.9 Å². The number of amides is 3. The Morgan fingerprint density at radius 1 is 1.24 bits per heavy atom. The third-order valence-electron chi connectivity index (χ3n) is 3.65. The van der Waals surface area contributed by atoms with Crippen molar-refractivity contribution < 1.29 is 14.7 Å². The van der Waals surface area contributed by atoms with Gasteiger partial charge in [-0.3, -0.25) is 4.79 Å². The molecule has 0 spiro atoms. The van der Waals surface area contributed by atoms with E-state index >= 15 is 0 Å². The molecule has 1 aliphatic heterocycles. The lowest BCUT2D eigenvalue weighted by molar-refractivity contribution is 0.0704. The van der Waals surface area contributed by atoms with E-state index in [9.17, 15) is 14.7 Å². The number of carbonyl (C=O) groups excluding carboxylic acids is 2. The first-order chi connectivity index (χ1) is 9.99. The van der Waals surface area contributed by atoms with Gasteiger partial charge in [-0.1, -0.05) is 12.1 Å². The van der Waals surface area contributed by atoms with Gasteiger partial charge in [-0.15, -0.1) is 0 Å². The number of rotatable bonds is 2. The Morgan fingerprint density at radius 3 is 2.43 bits per heavy atom.